The molecule has 2 aromatic rings. The number of halogens is 1. The number of carbonyl (C=O) groups excluding carboxylic acids is 1. The summed E-state index contributed by atoms with van der Waals surface area (Å²) in [5.74, 6) is -0.612. The quantitative estimate of drug-likeness (QED) is 0.732. The second-order valence-electron chi connectivity index (χ2n) is 6.14. The zero-order valence-corrected chi connectivity index (χ0v) is 14.8. The summed E-state index contributed by atoms with van der Waals surface area (Å²) in [5, 5.41) is 2.70. The largest absolute Gasteiger partial charge is 0.348 e. The summed E-state index contributed by atoms with van der Waals surface area (Å²) < 4.78 is 39.6. The molecule has 0 atom stereocenters. The summed E-state index contributed by atoms with van der Waals surface area (Å²) >= 11 is 0. The molecule has 2 N–H and O–H groups in total. The summed E-state index contributed by atoms with van der Waals surface area (Å²) in [4.78, 5) is 12.0. The normalized spacial score (nSPS) is 14.5. The Morgan fingerprint density at radius 3 is 2.35 bits per heavy atom. The van der Waals surface area contributed by atoms with Crippen LogP contribution in [-0.4, -0.2) is 20.4 Å². The standard InChI is InChI=1S/C19H19FN2O3S/c20-16-6-1-15(2-7-16)13-21-19(23)12-5-14-3-10-18(11-4-14)26(24,25)22-17-8-9-17/h1-7,10-12,17,22H,8-9,13H2,(H,21,23)/b12-5+. The Kier molecular flexibility index (Phi) is 5.49. The lowest BCUT2D eigenvalue weighted by Crippen LogP contribution is -2.25. The minimum absolute atomic E-state index is 0.0596. The van der Waals surface area contributed by atoms with E-state index in [1.165, 1.54) is 30.3 Å². The third-order valence-corrected chi connectivity index (χ3v) is 5.43. The highest BCUT2D eigenvalue weighted by Gasteiger charge is 2.27. The van der Waals surface area contributed by atoms with E-state index >= 15 is 0 Å². The van der Waals surface area contributed by atoms with E-state index in [0.29, 0.717) is 12.1 Å². The van der Waals surface area contributed by atoms with Gasteiger partial charge in [-0.2, -0.15) is 0 Å². The molecule has 0 heterocycles. The van der Waals surface area contributed by atoms with Crippen molar-refractivity contribution in [3.8, 4) is 0 Å². The van der Waals surface area contributed by atoms with Crippen LogP contribution < -0.4 is 10.0 Å². The minimum atomic E-state index is -3.47. The van der Waals surface area contributed by atoms with Gasteiger partial charge in [0.05, 0.1) is 4.90 Å². The van der Waals surface area contributed by atoms with Crippen LogP contribution in [-0.2, 0) is 21.4 Å². The van der Waals surface area contributed by atoms with Gasteiger partial charge in [-0.15, -0.1) is 0 Å². The summed E-state index contributed by atoms with van der Waals surface area (Å²) in [6.45, 7) is 0.299. The van der Waals surface area contributed by atoms with E-state index < -0.39 is 10.0 Å². The predicted octanol–water partition coefficient (Wildman–Crippen LogP) is 2.60. The van der Waals surface area contributed by atoms with E-state index in [4.69, 9.17) is 0 Å². The smallest absolute Gasteiger partial charge is 0.244 e. The van der Waals surface area contributed by atoms with Crippen LogP contribution in [0.15, 0.2) is 59.5 Å². The third kappa shape index (κ3) is 5.24. The number of rotatable bonds is 7. The number of nitrogens with one attached hydrogen (secondary N) is 2. The van der Waals surface area contributed by atoms with Crippen LogP contribution in [0.25, 0.3) is 6.08 Å². The number of hydrogen-bond acceptors (Lipinski definition) is 3. The molecule has 0 saturated heterocycles. The first-order chi connectivity index (χ1) is 12.4. The highest BCUT2D eigenvalue weighted by Crippen LogP contribution is 2.22. The number of hydrogen-bond donors (Lipinski definition) is 2. The van der Waals surface area contributed by atoms with Gasteiger partial charge >= 0.3 is 0 Å². The SMILES string of the molecule is O=C(/C=C/c1ccc(S(=O)(=O)NC2CC2)cc1)NCc1ccc(F)cc1. The van der Waals surface area contributed by atoms with Crippen molar-refractivity contribution in [1.29, 1.82) is 0 Å². The van der Waals surface area contributed by atoms with Crippen LogP contribution >= 0.6 is 0 Å². The molecule has 26 heavy (non-hydrogen) atoms. The molecule has 2 aromatic carbocycles. The van der Waals surface area contributed by atoms with Crippen molar-refractivity contribution in [3.63, 3.8) is 0 Å². The van der Waals surface area contributed by atoms with E-state index in [1.54, 1.807) is 30.3 Å². The third-order valence-electron chi connectivity index (χ3n) is 3.90. The lowest BCUT2D eigenvalue weighted by atomic mass is 10.2. The second-order valence-corrected chi connectivity index (χ2v) is 7.86. The molecule has 1 fully saturated rings. The van der Waals surface area contributed by atoms with Crippen LogP contribution in [0.4, 0.5) is 4.39 Å². The Balaban J connectivity index is 1.54. The van der Waals surface area contributed by atoms with E-state index in [2.05, 4.69) is 10.0 Å². The Morgan fingerprint density at radius 1 is 1.08 bits per heavy atom. The Labute approximate surface area is 152 Å². The number of benzene rings is 2. The molecule has 136 valence electrons. The van der Waals surface area contributed by atoms with Crippen molar-refractivity contribution < 1.29 is 17.6 Å². The molecular weight excluding hydrogens is 355 g/mol. The van der Waals surface area contributed by atoms with Gasteiger partial charge in [0.1, 0.15) is 5.82 Å². The molecule has 1 amide bonds. The van der Waals surface area contributed by atoms with Crippen molar-refractivity contribution in [3.05, 3.63) is 71.6 Å². The molecule has 1 saturated carbocycles. The average Bonchev–Trinajstić information content (AvgIpc) is 3.43. The van der Waals surface area contributed by atoms with Gasteiger partial charge in [-0.05, 0) is 54.3 Å². The Hall–Kier alpha value is -2.51. The fourth-order valence-electron chi connectivity index (χ4n) is 2.27. The summed E-state index contributed by atoms with van der Waals surface area (Å²) in [7, 11) is -3.47. The van der Waals surface area contributed by atoms with Crippen molar-refractivity contribution in [2.45, 2.75) is 30.3 Å². The summed E-state index contributed by atoms with van der Waals surface area (Å²) in [6, 6.07) is 12.3. The molecule has 0 aliphatic heterocycles. The molecule has 0 aromatic heterocycles. The zero-order valence-electron chi connectivity index (χ0n) is 14.0. The van der Waals surface area contributed by atoms with Gasteiger partial charge in [0.25, 0.3) is 0 Å². The molecule has 0 spiro atoms. The first-order valence-corrected chi connectivity index (χ1v) is 9.73. The van der Waals surface area contributed by atoms with Gasteiger partial charge in [0, 0.05) is 18.7 Å². The Morgan fingerprint density at radius 2 is 1.73 bits per heavy atom. The fourth-order valence-corrected chi connectivity index (χ4v) is 3.57. The van der Waals surface area contributed by atoms with Crippen molar-refractivity contribution in [2.75, 3.05) is 0 Å². The number of carbonyl (C=O) groups is 1. The van der Waals surface area contributed by atoms with Gasteiger partial charge in [-0.1, -0.05) is 24.3 Å². The van der Waals surface area contributed by atoms with Crippen LogP contribution in [0, 0.1) is 5.82 Å². The van der Waals surface area contributed by atoms with Gasteiger partial charge in [0.2, 0.25) is 15.9 Å². The topological polar surface area (TPSA) is 75.3 Å². The molecule has 0 radical (unpaired) electrons. The van der Waals surface area contributed by atoms with Crippen molar-refractivity contribution in [1.82, 2.24) is 10.0 Å². The highest BCUT2D eigenvalue weighted by atomic mass is 32.2. The van der Waals surface area contributed by atoms with Crippen LogP contribution in [0.2, 0.25) is 0 Å². The first-order valence-electron chi connectivity index (χ1n) is 8.25. The predicted molar refractivity (Wildman–Crippen MR) is 97.1 cm³/mol. The molecule has 0 bridgehead atoms. The van der Waals surface area contributed by atoms with Gasteiger partial charge in [0.15, 0.2) is 0 Å². The van der Waals surface area contributed by atoms with Crippen LogP contribution in [0.5, 0.6) is 0 Å². The van der Waals surface area contributed by atoms with Crippen molar-refractivity contribution in [2.24, 2.45) is 0 Å². The van der Waals surface area contributed by atoms with Crippen molar-refractivity contribution >= 4 is 22.0 Å². The lowest BCUT2D eigenvalue weighted by Gasteiger charge is -2.05. The maximum atomic E-state index is 12.8. The molecule has 1 aliphatic carbocycles. The zero-order chi connectivity index (χ0) is 18.6. The molecule has 3 rings (SSSR count). The van der Waals surface area contributed by atoms with E-state index in [-0.39, 0.29) is 22.7 Å². The molecular formula is C19H19FN2O3S. The van der Waals surface area contributed by atoms with E-state index in [0.717, 1.165) is 18.4 Å². The van der Waals surface area contributed by atoms with Crippen LogP contribution in [0.1, 0.15) is 24.0 Å². The monoisotopic (exact) mass is 374 g/mol. The molecule has 7 heteroatoms. The minimum Gasteiger partial charge on any atom is -0.348 e. The highest BCUT2D eigenvalue weighted by molar-refractivity contribution is 7.89. The van der Waals surface area contributed by atoms with E-state index in [1.807, 2.05) is 0 Å². The lowest BCUT2D eigenvalue weighted by molar-refractivity contribution is -0.116. The molecule has 0 unspecified atom stereocenters. The number of sulfonamides is 1. The maximum Gasteiger partial charge on any atom is 0.244 e. The van der Waals surface area contributed by atoms with E-state index in [9.17, 15) is 17.6 Å². The molecule has 5 nitrogen and oxygen atoms in total. The van der Waals surface area contributed by atoms with Crippen LogP contribution in [0.3, 0.4) is 0 Å². The first kappa shape index (κ1) is 18.3. The molecule has 1 aliphatic rings. The Bertz CT molecular complexity index is 903. The average molecular weight is 374 g/mol. The van der Waals surface area contributed by atoms with Gasteiger partial charge in [-0.25, -0.2) is 17.5 Å². The second kappa shape index (κ2) is 7.80. The van der Waals surface area contributed by atoms with Gasteiger partial charge < -0.3 is 5.32 Å². The summed E-state index contributed by atoms with van der Waals surface area (Å²) in [6.07, 6.45) is 4.74. The number of amides is 1. The van der Waals surface area contributed by atoms with Gasteiger partial charge in [-0.3, -0.25) is 4.79 Å². The summed E-state index contributed by atoms with van der Waals surface area (Å²) in [5.41, 5.74) is 1.51. The fraction of sp³-hybridized carbons (Fsp3) is 0.211. The maximum absolute atomic E-state index is 12.8.